The number of amides is 1. The van der Waals surface area contributed by atoms with E-state index in [4.69, 9.17) is 4.74 Å². The van der Waals surface area contributed by atoms with Crippen molar-refractivity contribution in [3.63, 3.8) is 0 Å². The highest BCUT2D eigenvalue weighted by molar-refractivity contribution is 5.76. The number of hydrogen-bond acceptors (Lipinski definition) is 3. The molecule has 1 heterocycles. The lowest BCUT2D eigenvalue weighted by molar-refractivity contribution is -0.122. The quantitative estimate of drug-likeness (QED) is 0.821. The number of ether oxygens (including phenoxy) is 1. The molecule has 0 bridgehead atoms. The van der Waals surface area contributed by atoms with Crippen LogP contribution in [0.25, 0.3) is 0 Å². The van der Waals surface area contributed by atoms with Crippen LogP contribution in [0.3, 0.4) is 0 Å². The van der Waals surface area contributed by atoms with Crippen molar-refractivity contribution in [3.8, 4) is 0 Å². The van der Waals surface area contributed by atoms with Crippen molar-refractivity contribution in [2.24, 2.45) is 5.92 Å². The third-order valence-electron chi connectivity index (χ3n) is 4.72. The fraction of sp³-hybridized carbons (Fsp3) is 0.526. The number of rotatable bonds is 6. The second-order valence-corrected chi connectivity index (χ2v) is 6.35. The molecule has 1 aliphatic carbocycles. The maximum atomic E-state index is 12.2. The predicted molar refractivity (Wildman–Crippen MR) is 91.1 cm³/mol. The Morgan fingerprint density at radius 1 is 1.26 bits per heavy atom. The van der Waals surface area contributed by atoms with E-state index in [1.54, 1.807) is 0 Å². The summed E-state index contributed by atoms with van der Waals surface area (Å²) in [5.41, 5.74) is 1.26. The second-order valence-electron chi connectivity index (χ2n) is 6.35. The zero-order chi connectivity index (χ0) is 15.9. The number of hydrogen-bond donors (Lipinski definition) is 1. The highest BCUT2D eigenvalue weighted by atomic mass is 16.5. The van der Waals surface area contributed by atoms with Gasteiger partial charge in [-0.1, -0.05) is 42.5 Å². The van der Waals surface area contributed by atoms with Gasteiger partial charge in [0.1, 0.15) is 0 Å². The molecule has 1 fully saturated rings. The summed E-state index contributed by atoms with van der Waals surface area (Å²) < 4.78 is 5.46. The molecule has 23 heavy (non-hydrogen) atoms. The number of nitrogens with one attached hydrogen (secondary N) is 1. The zero-order valence-corrected chi connectivity index (χ0v) is 13.6. The number of morpholine rings is 1. The van der Waals surface area contributed by atoms with Gasteiger partial charge in [0, 0.05) is 26.1 Å². The summed E-state index contributed by atoms with van der Waals surface area (Å²) in [6.07, 6.45) is 7.19. The fourth-order valence-electron chi connectivity index (χ4n) is 3.41. The summed E-state index contributed by atoms with van der Waals surface area (Å²) in [6, 6.07) is 10.7. The van der Waals surface area contributed by atoms with Crippen LogP contribution in [0.4, 0.5) is 0 Å². The third kappa shape index (κ3) is 4.66. The number of benzene rings is 1. The van der Waals surface area contributed by atoms with Crippen molar-refractivity contribution < 1.29 is 9.53 Å². The second kappa shape index (κ2) is 8.27. The van der Waals surface area contributed by atoms with Gasteiger partial charge in [0.15, 0.2) is 0 Å². The van der Waals surface area contributed by atoms with Crippen molar-refractivity contribution >= 4 is 5.91 Å². The smallest absolute Gasteiger partial charge is 0.220 e. The largest absolute Gasteiger partial charge is 0.379 e. The predicted octanol–water partition coefficient (Wildman–Crippen LogP) is 2.53. The molecule has 2 atom stereocenters. The monoisotopic (exact) mass is 314 g/mol. The fourth-order valence-corrected chi connectivity index (χ4v) is 3.41. The average molecular weight is 314 g/mol. The molecule has 1 saturated heterocycles. The Morgan fingerprint density at radius 2 is 2.04 bits per heavy atom. The van der Waals surface area contributed by atoms with Gasteiger partial charge < -0.3 is 10.1 Å². The number of carbonyl (C=O) groups excluding carboxylic acids is 1. The lowest BCUT2D eigenvalue weighted by Gasteiger charge is -2.35. The minimum atomic E-state index is 0.163. The van der Waals surface area contributed by atoms with Crippen LogP contribution in [0, 0.1) is 5.92 Å². The molecule has 4 heteroatoms. The van der Waals surface area contributed by atoms with Crippen molar-refractivity contribution in [1.29, 1.82) is 0 Å². The molecular formula is C19H26N2O2. The molecule has 1 amide bonds. The minimum Gasteiger partial charge on any atom is -0.379 e. The van der Waals surface area contributed by atoms with Crippen LogP contribution in [0.1, 0.15) is 30.9 Å². The first-order chi connectivity index (χ1) is 11.3. The molecule has 124 valence electrons. The molecule has 1 N–H and O–H groups in total. The first kappa shape index (κ1) is 16.2. The summed E-state index contributed by atoms with van der Waals surface area (Å²) in [5, 5.41) is 3.15. The van der Waals surface area contributed by atoms with Gasteiger partial charge in [-0.25, -0.2) is 0 Å². The molecule has 2 aliphatic rings. The molecule has 1 aromatic carbocycles. The Hall–Kier alpha value is -1.65. The number of carbonyl (C=O) groups is 1. The summed E-state index contributed by atoms with van der Waals surface area (Å²) in [5.74, 6) is 0.587. The molecular weight excluding hydrogens is 288 g/mol. The maximum absolute atomic E-state index is 12.2. The SMILES string of the molecule is O=C(CC1C=CCC1)NCC(c1ccccc1)N1CCOCC1. The van der Waals surface area contributed by atoms with E-state index in [0.29, 0.717) is 18.9 Å². The molecule has 4 nitrogen and oxygen atoms in total. The third-order valence-corrected chi connectivity index (χ3v) is 4.72. The lowest BCUT2D eigenvalue weighted by atomic mass is 10.0. The molecule has 1 aliphatic heterocycles. The van der Waals surface area contributed by atoms with Gasteiger partial charge in [0.25, 0.3) is 0 Å². The first-order valence-electron chi connectivity index (χ1n) is 8.63. The summed E-state index contributed by atoms with van der Waals surface area (Å²) >= 11 is 0. The maximum Gasteiger partial charge on any atom is 0.220 e. The standard InChI is InChI=1S/C19H26N2O2/c22-19(14-16-6-4-5-7-16)20-15-18(17-8-2-1-3-9-17)21-10-12-23-13-11-21/h1-4,6,8-9,16,18H,5,7,10-15H2,(H,20,22). The molecule has 0 spiro atoms. The van der Waals surface area contributed by atoms with E-state index < -0.39 is 0 Å². The highest BCUT2D eigenvalue weighted by Crippen LogP contribution is 2.22. The van der Waals surface area contributed by atoms with E-state index in [0.717, 1.165) is 39.1 Å². The van der Waals surface area contributed by atoms with Gasteiger partial charge in [-0.15, -0.1) is 0 Å². The topological polar surface area (TPSA) is 41.6 Å². The molecule has 3 rings (SSSR count). The van der Waals surface area contributed by atoms with Gasteiger partial charge in [-0.2, -0.15) is 0 Å². The molecule has 0 radical (unpaired) electrons. The van der Waals surface area contributed by atoms with Gasteiger partial charge in [-0.05, 0) is 24.3 Å². The van der Waals surface area contributed by atoms with Crippen LogP contribution < -0.4 is 5.32 Å². The van der Waals surface area contributed by atoms with Gasteiger partial charge >= 0.3 is 0 Å². The van der Waals surface area contributed by atoms with Crippen molar-refractivity contribution in [1.82, 2.24) is 10.2 Å². The van der Waals surface area contributed by atoms with Gasteiger partial charge in [0.05, 0.1) is 19.3 Å². The molecule has 2 unspecified atom stereocenters. The van der Waals surface area contributed by atoms with Crippen LogP contribution in [0.2, 0.25) is 0 Å². The number of nitrogens with zero attached hydrogens (tertiary/aromatic N) is 1. The Labute approximate surface area is 138 Å². The van der Waals surface area contributed by atoms with Gasteiger partial charge in [0.2, 0.25) is 5.91 Å². The lowest BCUT2D eigenvalue weighted by Crippen LogP contribution is -2.44. The number of allylic oxidation sites excluding steroid dienone is 2. The van der Waals surface area contributed by atoms with E-state index in [1.807, 2.05) is 6.07 Å². The van der Waals surface area contributed by atoms with Gasteiger partial charge in [-0.3, -0.25) is 9.69 Å². The average Bonchev–Trinajstić information content (AvgIpc) is 3.10. The van der Waals surface area contributed by atoms with E-state index in [9.17, 15) is 4.79 Å². The van der Waals surface area contributed by atoms with E-state index in [-0.39, 0.29) is 11.9 Å². The normalized spacial score (nSPS) is 22.9. The Balaban J connectivity index is 1.59. The van der Waals surface area contributed by atoms with E-state index in [2.05, 4.69) is 46.6 Å². The minimum absolute atomic E-state index is 0.163. The summed E-state index contributed by atoms with van der Waals surface area (Å²) in [7, 11) is 0. The van der Waals surface area contributed by atoms with Crippen molar-refractivity contribution in [2.45, 2.75) is 25.3 Å². The summed E-state index contributed by atoms with van der Waals surface area (Å²) in [4.78, 5) is 14.6. The Morgan fingerprint density at radius 3 is 2.74 bits per heavy atom. The van der Waals surface area contributed by atoms with Crippen LogP contribution >= 0.6 is 0 Å². The van der Waals surface area contributed by atoms with Crippen molar-refractivity contribution in [2.75, 3.05) is 32.8 Å². The molecule has 0 aromatic heterocycles. The van der Waals surface area contributed by atoms with Crippen LogP contribution in [0.15, 0.2) is 42.5 Å². The van der Waals surface area contributed by atoms with Crippen LogP contribution in [-0.4, -0.2) is 43.7 Å². The Kier molecular flexibility index (Phi) is 5.83. The molecule has 0 saturated carbocycles. The zero-order valence-electron chi connectivity index (χ0n) is 13.6. The van der Waals surface area contributed by atoms with E-state index in [1.165, 1.54) is 5.56 Å². The molecule has 1 aromatic rings. The van der Waals surface area contributed by atoms with Crippen LogP contribution in [0.5, 0.6) is 0 Å². The first-order valence-corrected chi connectivity index (χ1v) is 8.63. The summed E-state index contributed by atoms with van der Waals surface area (Å²) in [6.45, 7) is 4.04. The highest BCUT2D eigenvalue weighted by Gasteiger charge is 2.23. The van der Waals surface area contributed by atoms with Crippen LogP contribution in [-0.2, 0) is 9.53 Å². The van der Waals surface area contributed by atoms with E-state index >= 15 is 0 Å². The Bertz CT molecular complexity index is 523. The van der Waals surface area contributed by atoms with Crippen molar-refractivity contribution in [3.05, 3.63) is 48.0 Å².